The zero-order valence-electron chi connectivity index (χ0n) is 23.1. The Hall–Kier alpha value is -2.90. The van der Waals surface area contributed by atoms with Crippen molar-refractivity contribution >= 4 is 11.8 Å². The van der Waals surface area contributed by atoms with Crippen molar-refractivity contribution in [3.05, 3.63) is 65.2 Å². The van der Waals surface area contributed by atoms with Gasteiger partial charge in [0.1, 0.15) is 5.75 Å². The zero-order valence-corrected chi connectivity index (χ0v) is 23.1. The van der Waals surface area contributed by atoms with Gasteiger partial charge in [0.2, 0.25) is 11.8 Å². The largest absolute Gasteiger partial charge is 0.497 e. The molecule has 2 heterocycles. The third-order valence-electron chi connectivity index (χ3n) is 8.40. The number of carbonyl (C=O) groups is 2. The van der Waals surface area contributed by atoms with Gasteiger partial charge in [-0.15, -0.1) is 0 Å². The third kappa shape index (κ3) is 6.21. The summed E-state index contributed by atoms with van der Waals surface area (Å²) in [5.74, 6) is 1.42. The Morgan fingerprint density at radius 1 is 0.974 bits per heavy atom. The lowest BCUT2D eigenvalue weighted by molar-refractivity contribution is -0.138. The zero-order chi connectivity index (χ0) is 26.6. The average molecular weight is 519 g/mol. The highest BCUT2D eigenvalue weighted by molar-refractivity contribution is 5.84. The minimum absolute atomic E-state index is 0.0143. The van der Waals surface area contributed by atoms with Crippen molar-refractivity contribution < 1.29 is 14.3 Å². The van der Waals surface area contributed by atoms with Gasteiger partial charge in [-0.2, -0.15) is 0 Å². The summed E-state index contributed by atoms with van der Waals surface area (Å²) in [6, 6.07) is 16.5. The molecule has 7 nitrogen and oxygen atoms in total. The first-order chi connectivity index (χ1) is 18.4. The van der Waals surface area contributed by atoms with Gasteiger partial charge in [0.05, 0.1) is 13.2 Å². The van der Waals surface area contributed by atoms with Crippen LogP contribution in [-0.4, -0.2) is 90.4 Å². The molecule has 2 amide bonds. The Kier molecular flexibility index (Phi) is 8.34. The molecule has 0 N–H and O–H groups in total. The van der Waals surface area contributed by atoms with Crippen LogP contribution in [0.2, 0.25) is 0 Å². The molecule has 1 aliphatic carbocycles. The highest BCUT2D eigenvalue weighted by Gasteiger charge is 2.44. The molecule has 0 bridgehead atoms. The molecule has 5 rings (SSSR count). The number of hydrogen-bond donors (Lipinski definition) is 0. The number of carbonyl (C=O) groups excluding carboxylic acids is 2. The quantitative estimate of drug-likeness (QED) is 0.509. The second-order valence-corrected chi connectivity index (χ2v) is 11.2. The van der Waals surface area contributed by atoms with Crippen LogP contribution in [0, 0.1) is 5.92 Å². The van der Waals surface area contributed by atoms with Crippen molar-refractivity contribution in [1.29, 1.82) is 0 Å². The van der Waals surface area contributed by atoms with Gasteiger partial charge in [0.25, 0.3) is 0 Å². The number of benzene rings is 2. The molecular weight excluding hydrogens is 476 g/mol. The van der Waals surface area contributed by atoms with E-state index in [0.717, 1.165) is 56.8 Å². The number of nitrogens with zero attached hydrogens (tertiary/aromatic N) is 4. The summed E-state index contributed by atoms with van der Waals surface area (Å²) >= 11 is 0. The Labute approximate surface area is 227 Å². The van der Waals surface area contributed by atoms with Gasteiger partial charge < -0.3 is 19.4 Å². The number of piperazine rings is 1. The minimum Gasteiger partial charge on any atom is -0.497 e. The standard InChI is InChI=1S/C31H42N4O3/c1-4-23-7-5-8-24(17-23)21-35(30(36)26-11-12-26)27-19-29(31(37)33-15-13-32(2)14-16-33)34(22-27)20-25-9-6-10-28(18-25)38-3/h5-10,17-18,26-27,29H,4,11-16,19-22H2,1-3H3. The summed E-state index contributed by atoms with van der Waals surface area (Å²) in [4.78, 5) is 36.2. The van der Waals surface area contributed by atoms with Crippen molar-refractivity contribution in [2.24, 2.45) is 5.92 Å². The van der Waals surface area contributed by atoms with E-state index >= 15 is 0 Å². The molecule has 0 radical (unpaired) electrons. The molecule has 3 fully saturated rings. The normalized spacial score (nSPS) is 22.4. The highest BCUT2D eigenvalue weighted by atomic mass is 16.5. The van der Waals surface area contributed by atoms with E-state index in [9.17, 15) is 9.59 Å². The van der Waals surface area contributed by atoms with Crippen LogP contribution in [0.15, 0.2) is 48.5 Å². The van der Waals surface area contributed by atoms with E-state index in [1.54, 1.807) is 7.11 Å². The van der Waals surface area contributed by atoms with Crippen LogP contribution in [0.3, 0.4) is 0 Å². The predicted molar refractivity (Wildman–Crippen MR) is 149 cm³/mol. The molecule has 2 atom stereocenters. The van der Waals surface area contributed by atoms with Crippen molar-refractivity contribution in [2.75, 3.05) is 46.9 Å². The lowest BCUT2D eigenvalue weighted by Crippen LogP contribution is -2.52. The van der Waals surface area contributed by atoms with E-state index in [0.29, 0.717) is 26.1 Å². The van der Waals surface area contributed by atoms with E-state index in [2.05, 4.69) is 59.0 Å². The van der Waals surface area contributed by atoms with E-state index in [-0.39, 0.29) is 29.8 Å². The van der Waals surface area contributed by atoms with E-state index in [1.807, 2.05) is 23.1 Å². The van der Waals surface area contributed by atoms with Crippen LogP contribution in [-0.2, 0) is 29.1 Å². The maximum Gasteiger partial charge on any atom is 0.240 e. The van der Waals surface area contributed by atoms with Gasteiger partial charge in [0, 0.05) is 57.8 Å². The minimum atomic E-state index is -0.230. The van der Waals surface area contributed by atoms with E-state index < -0.39 is 0 Å². The SMILES string of the molecule is CCc1cccc(CN(C(=O)C2CC2)C2CC(C(=O)N3CCN(C)CC3)N(Cc3cccc(OC)c3)C2)c1. The van der Waals surface area contributed by atoms with Crippen LogP contribution < -0.4 is 4.74 Å². The fourth-order valence-electron chi connectivity index (χ4n) is 5.88. The number of methoxy groups -OCH3 is 1. The third-order valence-corrected chi connectivity index (χ3v) is 8.40. The summed E-state index contributed by atoms with van der Waals surface area (Å²) in [7, 11) is 3.79. The fourth-order valence-corrected chi connectivity index (χ4v) is 5.88. The van der Waals surface area contributed by atoms with Crippen LogP contribution in [0.4, 0.5) is 0 Å². The molecule has 204 valence electrons. The topological polar surface area (TPSA) is 56.3 Å². The molecule has 2 aromatic carbocycles. The van der Waals surface area contributed by atoms with Crippen molar-refractivity contribution in [1.82, 2.24) is 19.6 Å². The molecule has 3 aliphatic rings. The summed E-state index contributed by atoms with van der Waals surface area (Å²) in [5.41, 5.74) is 3.58. The Balaban J connectivity index is 1.40. The maximum atomic E-state index is 13.9. The Bertz CT molecular complexity index is 1130. The second-order valence-electron chi connectivity index (χ2n) is 11.2. The molecule has 1 saturated carbocycles. The lowest BCUT2D eigenvalue weighted by atomic mass is 10.0. The first kappa shape index (κ1) is 26.7. The van der Waals surface area contributed by atoms with Crippen molar-refractivity contribution in [3.8, 4) is 5.75 Å². The number of amides is 2. The smallest absolute Gasteiger partial charge is 0.240 e. The average Bonchev–Trinajstić information content (AvgIpc) is 3.72. The van der Waals surface area contributed by atoms with Crippen molar-refractivity contribution in [2.45, 2.75) is 57.8 Å². The second kappa shape index (κ2) is 11.9. The predicted octanol–water partition coefficient (Wildman–Crippen LogP) is 3.41. The monoisotopic (exact) mass is 518 g/mol. The Morgan fingerprint density at radius 3 is 2.39 bits per heavy atom. The number of likely N-dealkylation sites (N-methyl/N-ethyl adjacent to an activating group) is 1. The molecule has 7 heteroatoms. The van der Waals surface area contributed by atoms with Gasteiger partial charge in [-0.1, -0.05) is 43.3 Å². The maximum absolute atomic E-state index is 13.9. The van der Waals surface area contributed by atoms with Gasteiger partial charge in [-0.05, 0) is 61.6 Å². The number of ether oxygens (including phenoxy) is 1. The summed E-state index contributed by atoms with van der Waals surface area (Å²) in [6.07, 6.45) is 3.62. The highest BCUT2D eigenvalue weighted by Crippen LogP contribution is 2.35. The molecule has 38 heavy (non-hydrogen) atoms. The summed E-state index contributed by atoms with van der Waals surface area (Å²) < 4.78 is 5.46. The van der Waals surface area contributed by atoms with Crippen LogP contribution in [0.1, 0.15) is 42.9 Å². The summed E-state index contributed by atoms with van der Waals surface area (Å²) in [5, 5.41) is 0. The molecule has 0 spiro atoms. The molecule has 2 saturated heterocycles. The van der Waals surface area contributed by atoms with E-state index in [1.165, 1.54) is 11.1 Å². The van der Waals surface area contributed by atoms with E-state index in [4.69, 9.17) is 4.74 Å². The molecule has 0 aromatic heterocycles. The van der Waals surface area contributed by atoms with Gasteiger partial charge in [0.15, 0.2) is 0 Å². The van der Waals surface area contributed by atoms with Crippen LogP contribution in [0.25, 0.3) is 0 Å². The number of likely N-dealkylation sites (tertiary alicyclic amines) is 1. The van der Waals surface area contributed by atoms with Gasteiger partial charge >= 0.3 is 0 Å². The first-order valence-corrected chi connectivity index (χ1v) is 14.2. The van der Waals surface area contributed by atoms with Gasteiger partial charge in [-0.3, -0.25) is 14.5 Å². The molecule has 2 unspecified atom stereocenters. The number of aryl methyl sites for hydroxylation is 1. The number of rotatable bonds is 9. The first-order valence-electron chi connectivity index (χ1n) is 14.2. The lowest BCUT2D eigenvalue weighted by Gasteiger charge is -2.35. The van der Waals surface area contributed by atoms with Crippen molar-refractivity contribution in [3.63, 3.8) is 0 Å². The number of hydrogen-bond acceptors (Lipinski definition) is 5. The van der Waals surface area contributed by atoms with Crippen LogP contribution >= 0.6 is 0 Å². The fraction of sp³-hybridized carbons (Fsp3) is 0.548. The Morgan fingerprint density at radius 2 is 1.68 bits per heavy atom. The molecule has 2 aliphatic heterocycles. The van der Waals surface area contributed by atoms with Gasteiger partial charge in [-0.25, -0.2) is 0 Å². The molecular formula is C31H42N4O3. The summed E-state index contributed by atoms with van der Waals surface area (Å²) in [6.45, 7) is 7.46. The van der Waals surface area contributed by atoms with Crippen LogP contribution in [0.5, 0.6) is 5.75 Å². The molecule has 2 aromatic rings.